The SMILES string of the molecule is O=S(=O)(Cc1ccc(F)cc1)N1CCC(c2nnc(C(F)(F)F)o2)CC1. The Morgan fingerprint density at radius 3 is 2.27 bits per heavy atom. The van der Waals surface area contributed by atoms with Crippen LogP contribution in [0.5, 0.6) is 0 Å². The summed E-state index contributed by atoms with van der Waals surface area (Å²) in [6.07, 6.45) is -4.14. The Hall–Kier alpha value is -2.01. The van der Waals surface area contributed by atoms with E-state index in [9.17, 15) is 26.0 Å². The minimum absolute atomic E-state index is 0.132. The van der Waals surface area contributed by atoms with Crippen LogP contribution in [0.4, 0.5) is 17.6 Å². The van der Waals surface area contributed by atoms with E-state index in [1.54, 1.807) is 0 Å². The summed E-state index contributed by atoms with van der Waals surface area (Å²) < 4.78 is 81.3. The van der Waals surface area contributed by atoms with E-state index >= 15 is 0 Å². The Morgan fingerprint density at radius 2 is 1.73 bits per heavy atom. The van der Waals surface area contributed by atoms with Crippen LogP contribution < -0.4 is 0 Å². The van der Waals surface area contributed by atoms with Crippen molar-refractivity contribution in [3.63, 3.8) is 0 Å². The topological polar surface area (TPSA) is 76.3 Å². The first-order chi connectivity index (χ1) is 12.1. The van der Waals surface area contributed by atoms with E-state index < -0.39 is 33.8 Å². The van der Waals surface area contributed by atoms with Gasteiger partial charge in [-0.1, -0.05) is 12.1 Å². The first kappa shape index (κ1) is 18.8. The Kier molecular flexibility index (Phi) is 5.02. The molecule has 0 aliphatic carbocycles. The number of halogens is 4. The van der Waals surface area contributed by atoms with Crippen molar-refractivity contribution in [2.75, 3.05) is 13.1 Å². The second kappa shape index (κ2) is 6.95. The van der Waals surface area contributed by atoms with Crippen LogP contribution in [-0.4, -0.2) is 36.0 Å². The average molecular weight is 393 g/mol. The van der Waals surface area contributed by atoms with Gasteiger partial charge in [-0.3, -0.25) is 0 Å². The van der Waals surface area contributed by atoms with E-state index in [1.165, 1.54) is 28.6 Å². The molecule has 2 heterocycles. The smallest absolute Gasteiger partial charge is 0.417 e. The zero-order valence-corrected chi connectivity index (χ0v) is 14.2. The van der Waals surface area contributed by atoms with Gasteiger partial charge in [0.1, 0.15) is 5.82 Å². The van der Waals surface area contributed by atoms with Crippen LogP contribution in [-0.2, 0) is 22.0 Å². The first-order valence-electron chi connectivity index (χ1n) is 7.78. The van der Waals surface area contributed by atoms with Gasteiger partial charge in [-0.25, -0.2) is 17.1 Å². The summed E-state index contributed by atoms with van der Waals surface area (Å²) in [6, 6.07) is 5.17. The van der Waals surface area contributed by atoms with Crippen molar-refractivity contribution in [2.24, 2.45) is 0 Å². The van der Waals surface area contributed by atoms with Gasteiger partial charge in [0, 0.05) is 19.0 Å². The molecule has 1 fully saturated rings. The largest absolute Gasteiger partial charge is 0.470 e. The molecule has 1 aromatic heterocycles. The van der Waals surface area contributed by atoms with Crippen molar-refractivity contribution >= 4 is 10.0 Å². The number of benzene rings is 1. The molecule has 0 bridgehead atoms. The molecule has 0 amide bonds. The zero-order chi connectivity index (χ0) is 18.9. The zero-order valence-electron chi connectivity index (χ0n) is 13.4. The number of nitrogens with zero attached hydrogens (tertiary/aromatic N) is 3. The molecule has 1 aromatic carbocycles. The number of alkyl halides is 3. The fourth-order valence-corrected chi connectivity index (χ4v) is 4.34. The maximum absolute atomic E-state index is 12.9. The molecule has 1 aliphatic heterocycles. The predicted molar refractivity (Wildman–Crippen MR) is 81.9 cm³/mol. The molecule has 0 N–H and O–H groups in total. The van der Waals surface area contributed by atoms with Crippen LogP contribution >= 0.6 is 0 Å². The monoisotopic (exact) mass is 393 g/mol. The molecule has 6 nitrogen and oxygen atoms in total. The first-order valence-corrected chi connectivity index (χ1v) is 9.39. The molecular weight excluding hydrogens is 378 g/mol. The third-order valence-corrected chi connectivity index (χ3v) is 5.99. The molecule has 2 aromatic rings. The van der Waals surface area contributed by atoms with Crippen LogP contribution in [0.1, 0.15) is 36.1 Å². The summed E-state index contributed by atoms with van der Waals surface area (Å²) in [5.74, 6) is -2.68. The summed E-state index contributed by atoms with van der Waals surface area (Å²) in [5, 5.41) is 6.42. The van der Waals surface area contributed by atoms with Crippen molar-refractivity contribution in [1.82, 2.24) is 14.5 Å². The second-order valence-corrected chi connectivity index (χ2v) is 7.97. The lowest BCUT2D eigenvalue weighted by Crippen LogP contribution is -2.38. The fraction of sp³-hybridized carbons (Fsp3) is 0.467. The average Bonchev–Trinajstić information content (AvgIpc) is 3.07. The molecule has 26 heavy (non-hydrogen) atoms. The molecule has 0 saturated carbocycles. The van der Waals surface area contributed by atoms with Gasteiger partial charge in [0.05, 0.1) is 5.75 Å². The van der Waals surface area contributed by atoms with E-state index in [4.69, 9.17) is 0 Å². The molecule has 1 saturated heterocycles. The molecular formula is C15H15F4N3O3S. The minimum atomic E-state index is -4.70. The van der Waals surface area contributed by atoms with Crippen LogP contribution in [0.3, 0.4) is 0 Å². The standard InChI is InChI=1S/C15H15F4N3O3S/c16-12-3-1-10(2-4-12)9-26(23,24)22-7-5-11(6-8-22)13-20-21-14(25-13)15(17,18)19/h1-4,11H,5-9H2. The van der Waals surface area contributed by atoms with Crippen molar-refractivity contribution in [3.05, 3.63) is 47.4 Å². The van der Waals surface area contributed by atoms with Crippen molar-refractivity contribution in [3.8, 4) is 0 Å². The van der Waals surface area contributed by atoms with Gasteiger partial charge in [0.15, 0.2) is 0 Å². The number of rotatable bonds is 4. The lowest BCUT2D eigenvalue weighted by atomic mass is 9.98. The molecule has 11 heteroatoms. The Bertz CT molecular complexity index is 857. The van der Waals surface area contributed by atoms with Crippen LogP contribution in [0.15, 0.2) is 28.7 Å². The third kappa shape index (κ3) is 4.21. The van der Waals surface area contributed by atoms with Crippen molar-refractivity contribution in [2.45, 2.75) is 30.7 Å². The highest BCUT2D eigenvalue weighted by atomic mass is 32.2. The molecule has 142 valence electrons. The normalized spacial score (nSPS) is 17.5. The molecule has 0 unspecified atom stereocenters. The highest BCUT2D eigenvalue weighted by Crippen LogP contribution is 2.33. The van der Waals surface area contributed by atoms with Crippen LogP contribution in [0.2, 0.25) is 0 Å². The summed E-state index contributed by atoms with van der Waals surface area (Å²) in [7, 11) is -3.61. The molecule has 1 aliphatic rings. The molecule has 0 spiro atoms. The van der Waals surface area contributed by atoms with Crippen LogP contribution in [0, 0.1) is 5.82 Å². The van der Waals surface area contributed by atoms with Gasteiger partial charge >= 0.3 is 12.1 Å². The molecule has 0 atom stereocenters. The Labute approximate surface area is 146 Å². The Balaban J connectivity index is 1.62. The quantitative estimate of drug-likeness (QED) is 0.747. The van der Waals surface area contributed by atoms with E-state index in [0.717, 1.165) is 0 Å². The number of piperidine rings is 1. The maximum atomic E-state index is 12.9. The molecule has 0 radical (unpaired) electrons. The summed E-state index contributed by atoms with van der Waals surface area (Å²) >= 11 is 0. The van der Waals surface area contributed by atoms with Crippen LogP contribution in [0.25, 0.3) is 0 Å². The van der Waals surface area contributed by atoms with E-state index in [0.29, 0.717) is 5.56 Å². The molecule has 3 rings (SSSR count). The summed E-state index contributed by atoms with van der Waals surface area (Å²) in [5.41, 5.74) is 0.459. The van der Waals surface area contributed by atoms with E-state index in [2.05, 4.69) is 14.6 Å². The summed E-state index contributed by atoms with van der Waals surface area (Å²) in [4.78, 5) is 0. The number of aromatic nitrogens is 2. The minimum Gasteiger partial charge on any atom is -0.417 e. The fourth-order valence-electron chi connectivity index (χ4n) is 2.78. The van der Waals surface area contributed by atoms with Crippen molar-refractivity contribution < 1.29 is 30.4 Å². The Morgan fingerprint density at radius 1 is 1.12 bits per heavy atom. The third-order valence-electron chi connectivity index (χ3n) is 4.14. The highest BCUT2D eigenvalue weighted by molar-refractivity contribution is 7.88. The second-order valence-electron chi connectivity index (χ2n) is 6.00. The van der Waals surface area contributed by atoms with Gasteiger partial charge in [-0.05, 0) is 30.5 Å². The highest BCUT2D eigenvalue weighted by Gasteiger charge is 2.39. The number of hydrogen-bond acceptors (Lipinski definition) is 5. The number of hydrogen-bond donors (Lipinski definition) is 0. The summed E-state index contributed by atoms with van der Waals surface area (Å²) in [6.45, 7) is 0.274. The lowest BCUT2D eigenvalue weighted by molar-refractivity contribution is -0.157. The predicted octanol–water partition coefficient (Wildman–Crippen LogP) is 2.94. The number of sulfonamides is 1. The van der Waals surface area contributed by atoms with Gasteiger partial charge in [0.25, 0.3) is 0 Å². The van der Waals surface area contributed by atoms with Gasteiger partial charge < -0.3 is 4.42 Å². The lowest BCUT2D eigenvalue weighted by Gasteiger charge is -2.29. The van der Waals surface area contributed by atoms with E-state index in [-0.39, 0.29) is 37.6 Å². The van der Waals surface area contributed by atoms with Gasteiger partial charge in [-0.2, -0.15) is 13.2 Å². The van der Waals surface area contributed by atoms with Gasteiger partial charge in [0.2, 0.25) is 15.9 Å². The van der Waals surface area contributed by atoms with Gasteiger partial charge in [-0.15, -0.1) is 10.2 Å². The van der Waals surface area contributed by atoms with Crippen molar-refractivity contribution in [1.29, 1.82) is 0 Å². The maximum Gasteiger partial charge on any atom is 0.470 e. The van der Waals surface area contributed by atoms with E-state index in [1.807, 2.05) is 0 Å².